The monoisotopic (exact) mass is 367 g/mol. The second kappa shape index (κ2) is 6.92. The van der Waals surface area contributed by atoms with Gasteiger partial charge in [-0.2, -0.15) is 0 Å². The summed E-state index contributed by atoms with van der Waals surface area (Å²) in [4.78, 5) is 38.8. The van der Waals surface area contributed by atoms with Gasteiger partial charge in [0.2, 0.25) is 0 Å². The molecule has 2 aliphatic heterocycles. The minimum absolute atomic E-state index is 0.176. The van der Waals surface area contributed by atoms with Gasteiger partial charge in [0, 0.05) is 18.7 Å². The summed E-state index contributed by atoms with van der Waals surface area (Å²) < 4.78 is 13.1. The Morgan fingerprint density at radius 3 is 2.26 bits per heavy atom. The molecule has 2 aromatic carbocycles. The van der Waals surface area contributed by atoms with Crippen LogP contribution in [0.4, 0.5) is 10.1 Å². The number of imide groups is 1. The quantitative estimate of drug-likeness (QED) is 0.847. The summed E-state index contributed by atoms with van der Waals surface area (Å²) in [6.07, 6.45) is 3.22. The van der Waals surface area contributed by atoms with Crippen LogP contribution in [0.3, 0.4) is 0 Å². The van der Waals surface area contributed by atoms with Crippen LogP contribution in [-0.2, 0) is 0 Å². The van der Waals surface area contributed by atoms with E-state index in [0.717, 1.165) is 37.3 Å². The normalized spacial score (nSPS) is 17.1. The van der Waals surface area contributed by atoms with Crippen molar-refractivity contribution in [1.29, 1.82) is 0 Å². The first-order valence-corrected chi connectivity index (χ1v) is 8.89. The van der Waals surface area contributed by atoms with Crippen molar-refractivity contribution in [3.63, 3.8) is 0 Å². The van der Waals surface area contributed by atoms with Gasteiger partial charge in [-0.1, -0.05) is 6.42 Å². The molecular formula is C20H18FN3O3. The third kappa shape index (κ3) is 3.21. The predicted octanol–water partition coefficient (Wildman–Crippen LogP) is 2.76. The summed E-state index contributed by atoms with van der Waals surface area (Å²) in [5.74, 6) is -1.76. The van der Waals surface area contributed by atoms with Crippen LogP contribution in [0.25, 0.3) is 0 Å². The van der Waals surface area contributed by atoms with Gasteiger partial charge in [0.05, 0.1) is 16.8 Å². The first-order valence-electron chi connectivity index (χ1n) is 8.89. The number of hydrazine groups is 1. The molecular weight excluding hydrogens is 349 g/mol. The van der Waals surface area contributed by atoms with Crippen LogP contribution >= 0.6 is 0 Å². The largest absolute Gasteiger partial charge is 0.285 e. The molecule has 0 radical (unpaired) electrons. The van der Waals surface area contributed by atoms with Crippen molar-refractivity contribution in [2.24, 2.45) is 0 Å². The molecule has 27 heavy (non-hydrogen) atoms. The lowest BCUT2D eigenvalue weighted by Crippen LogP contribution is -2.45. The Bertz CT molecular complexity index is 921. The topological polar surface area (TPSA) is 69.7 Å². The maximum absolute atomic E-state index is 13.1. The summed E-state index contributed by atoms with van der Waals surface area (Å²) >= 11 is 0. The van der Waals surface area contributed by atoms with Crippen molar-refractivity contribution in [2.45, 2.75) is 19.3 Å². The molecule has 1 fully saturated rings. The number of nitrogens with zero attached hydrogens (tertiary/aromatic N) is 2. The summed E-state index contributed by atoms with van der Waals surface area (Å²) in [5.41, 5.74) is 3.87. The summed E-state index contributed by atoms with van der Waals surface area (Å²) in [5, 5.41) is 1.87. The van der Waals surface area contributed by atoms with Gasteiger partial charge in [-0.25, -0.2) is 14.3 Å². The van der Waals surface area contributed by atoms with Gasteiger partial charge < -0.3 is 0 Å². The summed E-state index contributed by atoms with van der Waals surface area (Å²) in [7, 11) is 0. The number of rotatable bonds is 3. The van der Waals surface area contributed by atoms with Crippen LogP contribution in [0.15, 0.2) is 42.5 Å². The van der Waals surface area contributed by atoms with Crippen LogP contribution in [0.5, 0.6) is 0 Å². The Morgan fingerprint density at radius 2 is 1.56 bits per heavy atom. The minimum Gasteiger partial charge on any atom is -0.285 e. The van der Waals surface area contributed by atoms with E-state index in [9.17, 15) is 18.8 Å². The number of anilines is 1. The van der Waals surface area contributed by atoms with Gasteiger partial charge in [-0.05, 0) is 55.3 Å². The van der Waals surface area contributed by atoms with Crippen molar-refractivity contribution in [3.8, 4) is 0 Å². The van der Waals surface area contributed by atoms with Crippen LogP contribution in [0.2, 0.25) is 0 Å². The zero-order valence-corrected chi connectivity index (χ0v) is 14.6. The van der Waals surface area contributed by atoms with Crippen molar-refractivity contribution < 1.29 is 18.8 Å². The third-order valence-corrected chi connectivity index (χ3v) is 4.85. The molecule has 0 atom stereocenters. The van der Waals surface area contributed by atoms with Gasteiger partial charge in [-0.3, -0.25) is 19.8 Å². The zero-order valence-electron chi connectivity index (χ0n) is 14.6. The van der Waals surface area contributed by atoms with E-state index >= 15 is 0 Å². The average molecular weight is 367 g/mol. The van der Waals surface area contributed by atoms with E-state index < -0.39 is 17.6 Å². The molecule has 3 amide bonds. The standard InChI is InChI=1S/C20H18FN3O3/c21-14-5-7-15(8-6-14)24-19(26)16-9-4-13(12-17(16)20(24)27)18(25)22-23-10-2-1-3-11-23/h4-9,12H,1-3,10-11H2,(H,22,25). The molecule has 0 bridgehead atoms. The third-order valence-electron chi connectivity index (χ3n) is 4.85. The van der Waals surface area contributed by atoms with Gasteiger partial charge in [0.25, 0.3) is 17.7 Å². The van der Waals surface area contributed by atoms with Gasteiger partial charge in [0.15, 0.2) is 0 Å². The maximum Gasteiger partial charge on any atom is 0.266 e. The molecule has 0 aromatic heterocycles. The number of halogens is 1. The lowest BCUT2D eigenvalue weighted by Gasteiger charge is -2.26. The van der Waals surface area contributed by atoms with Crippen molar-refractivity contribution >= 4 is 23.4 Å². The fraction of sp³-hybridized carbons (Fsp3) is 0.250. The van der Waals surface area contributed by atoms with E-state index in [2.05, 4.69) is 5.43 Å². The Balaban J connectivity index is 1.58. The molecule has 0 unspecified atom stereocenters. The maximum atomic E-state index is 13.1. The molecule has 2 aromatic rings. The molecule has 4 rings (SSSR count). The van der Waals surface area contributed by atoms with Crippen molar-refractivity contribution in [1.82, 2.24) is 10.4 Å². The lowest BCUT2D eigenvalue weighted by molar-refractivity contribution is 0.0749. The van der Waals surface area contributed by atoms with E-state index in [1.54, 1.807) is 0 Å². The van der Waals surface area contributed by atoms with Gasteiger partial charge in [-0.15, -0.1) is 0 Å². The molecule has 0 aliphatic carbocycles. The summed E-state index contributed by atoms with van der Waals surface area (Å²) in [6, 6.07) is 9.61. The molecule has 1 saturated heterocycles. The lowest BCUT2D eigenvalue weighted by atomic mass is 10.1. The number of hydrogen-bond acceptors (Lipinski definition) is 4. The van der Waals surface area contributed by atoms with Crippen molar-refractivity contribution in [2.75, 3.05) is 18.0 Å². The van der Waals surface area contributed by atoms with E-state index in [1.165, 1.54) is 42.5 Å². The first kappa shape index (κ1) is 17.4. The molecule has 0 saturated carbocycles. The number of benzene rings is 2. The Hall–Kier alpha value is -3.06. The smallest absolute Gasteiger partial charge is 0.266 e. The van der Waals surface area contributed by atoms with Crippen LogP contribution in [0, 0.1) is 5.82 Å². The fourth-order valence-electron chi connectivity index (χ4n) is 3.42. The zero-order chi connectivity index (χ0) is 19.0. The second-order valence-corrected chi connectivity index (χ2v) is 6.67. The number of piperidine rings is 1. The number of hydrogen-bond donors (Lipinski definition) is 1. The number of nitrogens with one attached hydrogen (secondary N) is 1. The average Bonchev–Trinajstić information content (AvgIpc) is 2.93. The predicted molar refractivity (Wildman–Crippen MR) is 96.9 cm³/mol. The Morgan fingerprint density at radius 1 is 0.889 bits per heavy atom. The molecule has 1 N–H and O–H groups in total. The van der Waals surface area contributed by atoms with Crippen LogP contribution < -0.4 is 10.3 Å². The van der Waals surface area contributed by atoms with E-state index in [-0.39, 0.29) is 17.0 Å². The van der Waals surface area contributed by atoms with E-state index in [0.29, 0.717) is 11.3 Å². The molecule has 2 aliphatic rings. The molecule has 7 heteroatoms. The highest BCUT2D eigenvalue weighted by atomic mass is 19.1. The Labute approximate surface area is 155 Å². The highest BCUT2D eigenvalue weighted by molar-refractivity contribution is 6.34. The van der Waals surface area contributed by atoms with Crippen LogP contribution in [-0.4, -0.2) is 35.8 Å². The van der Waals surface area contributed by atoms with E-state index in [4.69, 9.17) is 0 Å². The molecule has 138 valence electrons. The number of amides is 3. The highest BCUT2D eigenvalue weighted by Gasteiger charge is 2.37. The number of carbonyl (C=O) groups excluding carboxylic acids is 3. The summed E-state index contributed by atoms with van der Waals surface area (Å²) in [6.45, 7) is 1.60. The fourth-order valence-corrected chi connectivity index (χ4v) is 3.42. The molecule has 2 heterocycles. The second-order valence-electron chi connectivity index (χ2n) is 6.67. The Kier molecular flexibility index (Phi) is 4.45. The minimum atomic E-state index is -0.519. The number of carbonyl (C=O) groups is 3. The van der Waals surface area contributed by atoms with Gasteiger partial charge in [0.1, 0.15) is 5.82 Å². The highest BCUT2D eigenvalue weighted by Crippen LogP contribution is 2.29. The molecule has 0 spiro atoms. The van der Waals surface area contributed by atoms with E-state index in [1.807, 2.05) is 5.01 Å². The first-order chi connectivity index (χ1) is 13.0. The van der Waals surface area contributed by atoms with Gasteiger partial charge >= 0.3 is 0 Å². The number of fused-ring (bicyclic) bond motifs is 1. The van der Waals surface area contributed by atoms with Crippen LogP contribution in [0.1, 0.15) is 50.3 Å². The van der Waals surface area contributed by atoms with Crippen molar-refractivity contribution in [3.05, 3.63) is 65.0 Å². The SMILES string of the molecule is O=C(NN1CCCCC1)c1ccc2c(c1)C(=O)N(c1ccc(F)cc1)C2=O. The molecule has 6 nitrogen and oxygen atoms in total.